The number of aliphatic hydroxyl groups excluding tert-OH is 1. The Kier molecular flexibility index (Phi) is 4.61. The molecule has 6 nitrogen and oxygen atoms in total. The van der Waals surface area contributed by atoms with Gasteiger partial charge in [0.25, 0.3) is 11.5 Å². The number of aromatic nitrogens is 2. The number of carbonyl (C=O) groups is 1. The maximum absolute atomic E-state index is 11.6. The zero-order valence-electron chi connectivity index (χ0n) is 10.9. The minimum atomic E-state index is -0.600. The van der Waals surface area contributed by atoms with Gasteiger partial charge in [-0.2, -0.15) is 0 Å². The first-order valence-electron chi connectivity index (χ1n) is 5.79. The monoisotopic (exact) mass is 253 g/mol. The molecular weight excluding hydrogens is 234 g/mol. The average Bonchev–Trinajstić information content (AvgIpc) is 2.24. The Bertz CT molecular complexity index is 442. The van der Waals surface area contributed by atoms with Crippen LogP contribution in [0.3, 0.4) is 0 Å². The Morgan fingerprint density at radius 1 is 1.56 bits per heavy atom. The number of carbonyl (C=O) groups excluding carboxylic acids is 1. The van der Waals surface area contributed by atoms with Crippen LogP contribution >= 0.6 is 0 Å². The molecule has 1 unspecified atom stereocenters. The highest BCUT2D eigenvalue weighted by molar-refractivity contribution is 5.91. The lowest BCUT2D eigenvalue weighted by molar-refractivity contribution is 0.0864. The molecule has 0 aliphatic carbocycles. The van der Waals surface area contributed by atoms with Gasteiger partial charge < -0.3 is 15.4 Å². The largest absolute Gasteiger partial charge is 0.391 e. The molecule has 1 amide bonds. The van der Waals surface area contributed by atoms with E-state index in [0.717, 1.165) is 6.20 Å². The van der Waals surface area contributed by atoms with Gasteiger partial charge in [-0.25, -0.2) is 4.98 Å². The lowest BCUT2D eigenvalue weighted by Crippen LogP contribution is -2.34. The highest BCUT2D eigenvalue weighted by Gasteiger charge is 2.17. The molecule has 0 bridgehead atoms. The van der Waals surface area contributed by atoms with Crippen molar-refractivity contribution in [3.63, 3.8) is 0 Å². The van der Waals surface area contributed by atoms with Gasteiger partial charge in [0.15, 0.2) is 0 Å². The summed E-state index contributed by atoms with van der Waals surface area (Å²) < 4.78 is 0. The van der Waals surface area contributed by atoms with Crippen LogP contribution in [-0.2, 0) is 0 Å². The number of hydrogen-bond acceptors (Lipinski definition) is 4. The van der Waals surface area contributed by atoms with E-state index in [1.807, 2.05) is 20.8 Å². The molecule has 0 spiro atoms. The Morgan fingerprint density at radius 3 is 2.72 bits per heavy atom. The van der Waals surface area contributed by atoms with E-state index in [9.17, 15) is 14.7 Å². The number of amides is 1. The summed E-state index contributed by atoms with van der Waals surface area (Å²) in [5.74, 6) is -0.417. The van der Waals surface area contributed by atoms with E-state index >= 15 is 0 Å². The van der Waals surface area contributed by atoms with Crippen molar-refractivity contribution in [2.24, 2.45) is 5.41 Å². The number of nitrogens with zero attached hydrogens (tertiary/aromatic N) is 1. The molecular formula is C12H19N3O3. The standard InChI is InChI=1S/C12H19N3O3/c1-12(2,3)4-8(16)5-15-11(18)9-6-14-10(17)7-13-9/h6-8,16H,4-5H2,1-3H3,(H,14,17)(H,15,18). The fourth-order valence-corrected chi connectivity index (χ4v) is 1.55. The molecule has 0 aliphatic heterocycles. The van der Waals surface area contributed by atoms with Crippen LogP contribution in [0.4, 0.5) is 0 Å². The third-order valence-corrected chi connectivity index (χ3v) is 2.25. The maximum Gasteiger partial charge on any atom is 0.271 e. The first-order valence-corrected chi connectivity index (χ1v) is 5.79. The van der Waals surface area contributed by atoms with Gasteiger partial charge >= 0.3 is 0 Å². The normalized spacial score (nSPS) is 13.1. The molecule has 0 saturated carbocycles. The van der Waals surface area contributed by atoms with Gasteiger partial charge in [-0.1, -0.05) is 20.8 Å². The summed E-state index contributed by atoms with van der Waals surface area (Å²) in [6.45, 7) is 6.21. The molecule has 1 aromatic rings. The van der Waals surface area contributed by atoms with E-state index in [4.69, 9.17) is 0 Å². The average molecular weight is 253 g/mol. The number of rotatable bonds is 4. The van der Waals surface area contributed by atoms with Crippen molar-refractivity contribution >= 4 is 5.91 Å². The molecule has 0 fully saturated rings. The first-order chi connectivity index (χ1) is 8.28. The molecule has 0 aromatic carbocycles. The van der Waals surface area contributed by atoms with E-state index in [-0.39, 0.29) is 23.2 Å². The van der Waals surface area contributed by atoms with Gasteiger partial charge in [0.05, 0.1) is 12.3 Å². The van der Waals surface area contributed by atoms with Crippen LogP contribution in [-0.4, -0.2) is 33.6 Å². The Hall–Kier alpha value is -1.69. The summed E-state index contributed by atoms with van der Waals surface area (Å²) in [7, 11) is 0. The van der Waals surface area contributed by atoms with E-state index in [1.165, 1.54) is 6.20 Å². The fraction of sp³-hybridized carbons (Fsp3) is 0.583. The molecule has 0 radical (unpaired) electrons. The molecule has 0 aliphatic rings. The second-order valence-electron chi connectivity index (χ2n) is 5.42. The molecule has 1 rings (SSSR count). The van der Waals surface area contributed by atoms with Crippen molar-refractivity contribution in [1.82, 2.24) is 15.3 Å². The number of nitrogens with one attached hydrogen (secondary N) is 2. The maximum atomic E-state index is 11.6. The van der Waals surface area contributed by atoms with Gasteiger partial charge in [-0.05, 0) is 11.8 Å². The molecule has 100 valence electrons. The van der Waals surface area contributed by atoms with Gasteiger partial charge in [-0.3, -0.25) is 9.59 Å². The molecule has 6 heteroatoms. The van der Waals surface area contributed by atoms with Crippen molar-refractivity contribution in [2.75, 3.05) is 6.54 Å². The minimum absolute atomic E-state index is 0.000375. The molecule has 0 saturated heterocycles. The van der Waals surface area contributed by atoms with Crippen LogP contribution in [0, 0.1) is 5.41 Å². The van der Waals surface area contributed by atoms with Crippen LogP contribution in [0.2, 0.25) is 0 Å². The van der Waals surface area contributed by atoms with Crippen LogP contribution in [0.15, 0.2) is 17.2 Å². The molecule has 3 N–H and O–H groups in total. The van der Waals surface area contributed by atoms with Crippen molar-refractivity contribution in [3.05, 3.63) is 28.4 Å². The van der Waals surface area contributed by atoms with Gasteiger partial charge in [0.1, 0.15) is 5.69 Å². The van der Waals surface area contributed by atoms with Crippen molar-refractivity contribution in [2.45, 2.75) is 33.3 Å². The predicted molar refractivity (Wildman–Crippen MR) is 67.3 cm³/mol. The predicted octanol–water partition coefficient (Wildman–Crippen LogP) is 0.297. The van der Waals surface area contributed by atoms with Gasteiger partial charge in [0, 0.05) is 12.7 Å². The van der Waals surface area contributed by atoms with E-state index in [2.05, 4.69) is 15.3 Å². The smallest absolute Gasteiger partial charge is 0.271 e. The zero-order chi connectivity index (χ0) is 13.8. The first kappa shape index (κ1) is 14.4. The summed E-state index contributed by atoms with van der Waals surface area (Å²) in [5.41, 5.74) is -0.239. The molecule has 1 heterocycles. The Labute approximate surface area is 105 Å². The molecule has 18 heavy (non-hydrogen) atoms. The minimum Gasteiger partial charge on any atom is -0.391 e. The third-order valence-electron chi connectivity index (χ3n) is 2.25. The Balaban J connectivity index is 2.46. The number of aliphatic hydroxyl groups is 1. The fourth-order valence-electron chi connectivity index (χ4n) is 1.55. The van der Waals surface area contributed by atoms with Crippen LogP contribution in [0.25, 0.3) is 0 Å². The van der Waals surface area contributed by atoms with E-state index < -0.39 is 12.0 Å². The van der Waals surface area contributed by atoms with Crippen LogP contribution < -0.4 is 10.9 Å². The van der Waals surface area contributed by atoms with Gasteiger partial charge in [0.2, 0.25) is 0 Å². The quantitative estimate of drug-likeness (QED) is 0.719. The summed E-state index contributed by atoms with van der Waals surface area (Å²) >= 11 is 0. The second kappa shape index (κ2) is 5.77. The Morgan fingerprint density at radius 2 is 2.22 bits per heavy atom. The second-order valence-corrected chi connectivity index (χ2v) is 5.42. The summed E-state index contributed by atoms with van der Waals surface area (Å²) in [6, 6.07) is 0. The third kappa shape index (κ3) is 5.09. The van der Waals surface area contributed by atoms with Gasteiger partial charge in [-0.15, -0.1) is 0 Å². The topological polar surface area (TPSA) is 95.1 Å². The lowest BCUT2D eigenvalue weighted by Gasteiger charge is -2.22. The van der Waals surface area contributed by atoms with Crippen LogP contribution in [0.5, 0.6) is 0 Å². The lowest BCUT2D eigenvalue weighted by atomic mass is 9.89. The van der Waals surface area contributed by atoms with E-state index in [0.29, 0.717) is 6.42 Å². The summed E-state index contributed by atoms with van der Waals surface area (Å²) in [5, 5.41) is 12.3. The number of aromatic amines is 1. The highest BCUT2D eigenvalue weighted by Crippen LogP contribution is 2.20. The van der Waals surface area contributed by atoms with Crippen molar-refractivity contribution < 1.29 is 9.90 Å². The van der Waals surface area contributed by atoms with Crippen molar-refractivity contribution in [1.29, 1.82) is 0 Å². The number of hydrogen-bond donors (Lipinski definition) is 3. The highest BCUT2D eigenvalue weighted by atomic mass is 16.3. The summed E-state index contributed by atoms with van der Waals surface area (Å²) in [4.78, 5) is 28.5. The van der Waals surface area contributed by atoms with Crippen molar-refractivity contribution in [3.8, 4) is 0 Å². The summed E-state index contributed by atoms with van der Waals surface area (Å²) in [6.07, 6.45) is 2.28. The number of H-pyrrole nitrogens is 1. The molecule has 1 aromatic heterocycles. The SMILES string of the molecule is CC(C)(C)CC(O)CNC(=O)c1c[nH]c(=O)cn1. The zero-order valence-corrected chi connectivity index (χ0v) is 10.9. The van der Waals surface area contributed by atoms with Crippen LogP contribution in [0.1, 0.15) is 37.7 Å². The van der Waals surface area contributed by atoms with E-state index in [1.54, 1.807) is 0 Å². The molecule has 1 atom stereocenters.